The third-order valence-electron chi connectivity index (χ3n) is 3.08. The quantitative estimate of drug-likeness (QED) is 0.778. The first kappa shape index (κ1) is 16.2. The summed E-state index contributed by atoms with van der Waals surface area (Å²) in [6.07, 6.45) is 1.91. The molecule has 0 aliphatic carbocycles. The van der Waals surface area contributed by atoms with E-state index >= 15 is 0 Å². The van der Waals surface area contributed by atoms with Crippen LogP contribution in [0, 0.1) is 0 Å². The van der Waals surface area contributed by atoms with Crippen LogP contribution in [0.2, 0.25) is 0 Å². The van der Waals surface area contributed by atoms with Crippen LogP contribution in [0.4, 0.5) is 0 Å². The average Bonchev–Trinajstić information content (AvgIpc) is 2.36. The van der Waals surface area contributed by atoms with Crippen LogP contribution in [-0.2, 0) is 14.4 Å². The van der Waals surface area contributed by atoms with Gasteiger partial charge >= 0.3 is 0 Å². The van der Waals surface area contributed by atoms with Crippen molar-refractivity contribution in [2.24, 2.45) is 0 Å². The van der Waals surface area contributed by atoms with Gasteiger partial charge in [0.15, 0.2) is 4.84 Å². The van der Waals surface area contributed by atoms with Crippen LogP contribution in [0.25, 0.3) is 0 Å². The summed E-state index contributed by atoms with van der Waals surface area (Å²) in [6.45, 7) is 2.64. The molecule has 0 unspecified atom stereocenters. The number of alkyl halides is 2. The molecule has 7 heteroatoms. The molecule has 2 amide bonds. The molecule has 1 aliphatic rings. The summed E-state index contributed by atoms with van der Waals surface area (Å²) >= 11 is 10.9. The average molecular weight is 309 g/mol. The van der Waals surface area contributed by atoms with Gasteiger partial charge in [-0.15, -0.1) is 0 Å². The summed E-state index contributed by atoms with van der Waals surface area (Å²) in [4.78, 5) is 34.6. The van der Waals surface area contributed by atoms with E-state index in [1.54, 1.807) is 4.90 Å². The molecule has 1 saturated heterocycles. The maximum Gasteiger partial charge on any atom is 0.253 e. The van der Waals surface area contributed by atoms with Crippen molar-refractivity contribution in [3.8, 4) is 0 Å². The summed E-state index contributed by atoms with van der Waals surface area (Å²) in [5, 5.41) is 2.73. The lowest BCUT2D eigenvalue weighted by Gasteiger charge is -2.32. The fourth-order valence-electron chi connectivity index (χ4n) is 1.98. The largest absolute Gasteiger partial charge is 0.351 e. The second kappa shape index (κ2) is 7.70. The minimum Gasteiger partial charge on any atom is -0.351 e. The smallest absolute Gasteiger partial charge is 0.253 e. The Morgan fingerprint density at radius 2 is 1.79 bits per heavy atom. The third kappa shape index (κ3) is 5.78. The van der Waals surface area contributed by atoms with Crippen molar-refractivity contribution in [3.05, 3.63) is 0 Å². The van der Waals surface area contributed by atoms with E-state index in [2.05, 4.69) is 5.32 Å². The van der Waals surface area contributed by atoms with Crippen molar-refractivity contribution >= 4 is 40.8 Å². The van der Waals surface area contributed by atoms with Gasteiger partial charge in [0.2, 0.25) is 5.91 Å². The number of ketones is 1. The van der Waals surface area contributed by atoms with Crippen molar-refractivity contribution in [2.75, 3.05) is 13.1 Å². The van der Waals surface area contributed by atoms with Gasteiger partial charge in [0, 0.05) is 32.0 Å². The normalized spacial score (nSPS) is 16.5. The number of amides is 2. The molecule has 0 spiro atoms. The predicted molar refractivity (Wildman–Crippen MR) is 73.2 cm³/mol. The van der Waals surface area contributed by atoms with Gasteiger partial charge in [-0.1, -0.05) is 23.2 Å². The lowest BCUT2D eigenvalue weighted by Crippen LogP contribution is -2.47. The standard InChI is InChI=1S/C12H18Cl2N2O3/c1-8(17)2-3-10(18)16-6-4-9(5-7-16)15-12(19)11(13)14/h9,11H,2-7H2,1H3,(H,15,19). The molecule has 5 nitrogen and oxygen atoms in total. The summed E-state index contributed by atoms with van der Waals surface area (Å²) in [6, 6.07) is 0.00403. The van der Waals surface area contributed by atoms with E-state index in [9.17, 15) is 14.4 Å². The molecule has 0 saturated carbocycles. The molecule has 0 aromatic carbocycles. The van der Waals surface area contributed by atoms with Crippen LogP contribution in [0.15, 0.2) is 0 Å². The molecule has 0 atom stereocenters. The van der Waals surface area contributed by atoms with Gasteiger partial charge in [0.05, 0.1) is 0 Å². The first-order valence-electron chi connectivity index (χ1n) is 6.26. The van der Waals surface area contributed by atoms with Gasteiger partial charge < -0.3 is 15.0 Å². The van der Waals surface area contributed by atoms with Crippen molar-refractivity contribution in [1.82, 2.24) is 10.2 Å². The fraction of sp³-hybridized carbons (Fsp3) is 0.750. The van der Waals surface area contributed by atoms with Gasteiger partial charge in [-0.3, -0.25) is 9.59 Å². The number of nitrogens with zero attached hydrogens (tertiary/aromatic N) is 1. The number of hydrogen-bond donors (Lipinski definition) is 1. The Balaban J connectivity index is 2.30. The first-order valence-corrected chi connectivity index (χ1v) is 7.13. The Morgan fingerprint density at radius 1 is 1.21 bits per heavy atom. The second-order valence-electron chi connectivity index (χ2n) is 4.67. The Bertz CT molecular complexity index is 353. The highest BCUT2D eigenvalue weighted by Gasteiger charge is 2.25. The zero-order valence-corrected chi connectivity index (χ0v) is 12.3. The highest BCUT2D eigenvalue weighted by Crippen LogP contribution is 2.13. The fourth-order valence-corrected chi connectivity index (χ4v) is 2.10. The molecule has 1 fully saturated rings. The lowest BCUT2D eigenvalue weighted by molar-refractivity contribution is -0.134. The molecule has 0 bridgehead atoms. The molecule has 19 heavy (non-hydrogen) atoms. The number of halogens is 2. The molecule has 1 aliphatic heterocycles. The number of likely N-dealkylation sites (tertiary alicyclic amines) is 1. The van der Waals surface area contributed by atoms with E-state index in [0.717, 1.165) is 0 Å². The second-order valence-corrected chi connectivity index (χ2v) is 5.76. The summed E-state index contributed by atoms with van der Waals surface area (Å²) in [5.41, 5.74) is 0. The third-order valence-corrected chi connectivity index (χ3v) is 3.48. The number of carbonyl (C=O) groups is 3. The molecular formula is C12H18Cl2N2O3. The highest BCUT2D eigenvalue weighted by atomic mass is 35.5. The minimum absolute atomic E-state index is 0.00403. The molecule has 1 heterocycles. The predicted octanol–water partition coefficient (Wildman–Crippen LogP) is 1.27. The van der Waals surface area contributed by atoms with Crippen molar-refractivity contribution < 1.29 is 14.4 Å². The van der Waals surface area contributed by atoms with Gasteiger partial charge in [-0.25, -0.2) is 0 Å². The van der Waals surface area contributed by atoms with E-state index in [1.165, 1.54) is 6.92 Å². The van der Waals surface area contributed by atoms with Gasteiger partial charge in [0.25, 0.3) is 5.91 Å². The molecule has 0 aromatic heterocycles. The van der Waals surface area contributed by atoms with Crippen LogP contribution < -0.4 is 5.32 Å². The van der Waals surface area contributed by atoms with Crippen molar-refractivity contribution in [1.29, 1.82) is 0 Å². The lowest BCUT2D eigenvalue weighted by atomic mass is 10.0. The molecule has 1 N–H and O–H groups in total. The van der Waals surface area contributed by atoms with E-state index in [1.807, 2.05) is 0 Å². The maximum atomic E-state index is 11.8. The Hall–Kier alpha value is -0.810. The molecule has 108 valence electrons. The number of piperidine rings is 1. The van der Waals surface area contributed by atoms with Gasteiger partial charge in [-0.2, -0.15) is 0 Å². The molecule has 0 aromatic rings. The number of nitrogens with one attached hydrogen (secondary N) is 1. The first-order chi connectivity index (χ1) is 8.90. The number of Topliss-reactive ketones (excluding diaryl/α,β-unsaturated/α-hetero) is 1. The summed E-state index contributed by atoms with van der Waals surface area (Å²) in [7, 11) is 0. The van der Waals surface area contributed by atoms with E-state index in [4.69, 9.17) is 23.2 Å². The van der Waals surface area contributed by atoms with Crippen LogP contribution in [-0.4, -0.2) is 46.5 Å². The number of hydrogen-bond acceptors (Lipinski definition) is 3. The Morgan fingerprint density at radius 3 is 2.26 bits per heavy atom. The van der Waals surface area contributed by atoms with E-state index in [-0.39, 0.29) is 30.6 Å². The maximum absolute atomic E-state index is 11.8. The molecular weight excluding hydrogens is 291 g/mol. The summed E-state index contributed by atoms with van der Waals surface area (Å²) in [5.74, 6) is -0.386. The van der Waals surface area contributed by atoms with Crippen molar-refractivity contribution in [2.45, 2.75) is 43.5 Å². The topological polar surface area (TPSA) is 66.5 Å². The number of rotatable bonds is 5. The monoisotopic (exact) mass is 308 g/mol. The van der Waals surface area contributed by atoms with E-state index < -0.39 is 10.7 Å². The SMILES string of the molecule is CC(=O)CCC(=O)N1CCC(NC(=O)C(Cl)Cl)CC1. The Labute approximate surface area is 122 Å². The van der Waals surface area contributed by atoms with Gasteiger partial charge in [0.1, 0.15) is 5.78 Å². The molecule has 1 rings (SSSR count). The van der Waals surface area contributed by atoms with Crippen LogP contribution in [0.1, 0.15) is 32.6 Å². The number of carbonyl (C=O) groups excluding carboxylic acids is 3. The van der Waals surface area contributed by atoms with E-state index in [0.29, 0.717) is 25.9 Å². The van der Waals surface area contributed by atoms with Crippen molar-refractivity contribution in [3.63, 3.8) is 0 Å². The molecule has 0 radical (unpaired) electrons. The van der Waals surface area contributed by atoms with Crippen LogP contribution >= 0.6 is 23.2 Å². The zero-order valence-electron chi connectivity index (χ0n) is 10.8. The van der Waals surface area contributed by atoms with Gasteiger partial charge in [-0.05, 0) is 19.8 Å². The van der Waals surface area contributed by atoms with Crippen LogP contribution in [0.3, 0.4) is 0 Å². The zero-order chi connectivity index (χ0) is 14.4. The summed E-state index contributed by atoms with van der Waals surface area (Å²) < 4.78 is 0. The Kier molecular flexibility index (Phi) is 6.58. The minimum atomic E-state index is -1.06. The van der Waals surface area contributed by atoms with Crippen LogP contribution in [0.5, 0.6) is 0 Å². The highest BCUT2D eigenvalue weighted by molar-refractivity contribution is 6.53.